The van der Waals surface area contributed by atoms with E-state index >= 15 is 0 Å². The lowest BCUT2D eigenvalue weighted by Crippen LogP contribution is -2.38. The molecule has 4 heteroatoms. The van der Waals surface area contributed by atoms with Crippen molar-refractivity contribution in [2.45, 2.75) is 46.6 Å². The van der Waals surface area contributed by atoms with Crippen LogP contribution in [0.1, 0.15) is 45.3 Å². The van der Waals surface area contributed by atoms with Crippen LogP contribution in [0.15, 0.2) is 4.52 Å². The van der Waals surface area contributed by atoms with Crippen molar-refractivity contribution in [1.82, 2.24) is 15.0 Å². The van der Waals surface area contributed by atoms with Crippen molar-refractivity contribution in [2.24, 2.45) is 11.8 Å². The fraction of sp³-hybridized carbons (Fsp3) is 0.846. The van der Waals surface area contributed by atoms with E-state index < -0.39 is 0 Å². The Hall–Kier alpha value is -0.900. The molecule has 0 saturated carbocycles. The second-order valence-electron chi connectivity index (χ2n) is 5.49. The Morgan fingerprint density at radius 2 is 2.00 bits per heavy atom. The lowest BCUT2D eigenvalue weighted by Gasteiger charge is -2.33. The van der Waals surface area contributed by atoms with E-state index in [1.165, 1.54) is 6.42 Å². The van der Waals surface area contributed by atoms with Gasteiger partial charge in [0, 0.05) is 19.5 Å². The molecule has 96 valence electrons. The first-order chi connectivity index (χ1) is 8.17. The molecule has 1 aliphatic rings. The smallest absolute Gasteiger partial charge is 0.240 e. The highest BCUT2D eigenvalue weighted by Crippen LogP contribution is 2.22. The predicted octanol–water partition coefficient (Wildman–Crippen LogP) is 2.50. The summed E-state index contributed by atoms with van der Waals surface area (Å²) in [5.74, 6) is 3.17. The quantitative estimate of drug-likeness (QED) is 0.807. The van der Waals surface area contributed by atoms with Crippen molar-refractivity contribution in [3.05, 3.63) is 11.7 Å². The second kappa shape index (κ2) is 5.63. The van der Waals surface area contributed by atoms with E-state index in [-0.39, 0.29) is 0 Å². The van der Waals surface area contributed by atoms with Crippen LogP contribution in [0.4, 0.5) is 0 Å². The molecule has 0 aliphatic carbocycles. The first-order valence-electron chi connectivity index (χ1n) is 6.71. The molecule has 2 heterocycles. The van der Waals surface area contributed by atoms with Crippen LogP contribution in [0.2, 0.25) is 0 Å². The van der Waals surface area contributed by atoms with Crippen molar-refractivity contribution in [3.8, 4) is 0 Å². The number of hydrogen-bond donors (Lipinski definition) is 0. The molecule has 0 N–H and O–H groups in total. The largest absolute Gasteiger partial charge is 0.338 e. The van der Waals surface area contributed by atoms with E-state index in [4.69, 9.17) is 4.52 Å². The average molecular weight is 237 g/mol. The van der Waals surface area contributed by atoms with Crippen LogP contribution in [0, 0.1) is 11.8 Å². The highest BCUT2D eigenvalue weighted by Gasteiger charge is 2.23. The molecule has 1 saturated heterocycles. The lowest BCUT2D eigenvalue weighted by atomic mass is 9.92. The number of aromatic nitrogens is 2. The zero-order valence-corrected chi connectivity index (χ0v) is 11.1. The summed E-state index contributed by atoms with van der Waals surface area (Å²) in [6.07, 6.45) is 3.31. The summed E-state index contributed by atoms with van der Waals surface area (Å²) in [4.78, 5) is 6.86. The Morgan fingerprint density at radius 1 is 1.29 bits per heavy atom. The van der Waals surface area contributed by atoms with Gasteiger partial charge in [0.1, 0.15) is 0 Å². The van der Waals surface area contributed by atoms with Crippen molar-refractivity contribution >= 4 is 0 Å². The van der Waals surface area contributed by atoms with Gasteiger partial charge in [0.25, 0.3) is 0 Å². The van der Waals surface area contributed by atoms with Gasteiger partial charge < -0.3 is 4.52 Å². The maximum atomic E-state index is 5.29. The van der Waals surface area contributed by atoms with Gasteiger partial charge >= 0.3 is 0 Å². The molecule has 1 aromatic rings. The molecule has 2 rings (SSSR count). The minimum absolute atomic E-state index is 0.773. The molecule has 0 radical (unpaired) electrons. The van der Waals surface area contributed by atoms with Crippen molar-refractivity contribution in [3.63, 3.8) is 0 Å². The maximum absolute atomic E-state index is 5.29. The van der Waals surface area contributed by atoms with E-state index in [1.54, 1.807) is 0 Å². The number of likely N-dealkylation sites (tertiary alicyclic amines) is 1. The van der Waals surface area contributed by atoms with Crippen LogP contribution in [0.5, 0.6) is 0 Å². The van der Waals surface area contributed by atoms with Crippen LogP contribution < -0.4 is 0 Å². The number of rotatable bonds is 4. The molecule has 0 amide bonds. The zero-order valence-electron chi connectivity index (χ0n) is 11.1. The van der Waals surface area contributed by atoms with Gasteiger partial charge in [0.15, 0.2) is 5.82 Å². The van der Waals surface area contributed by atoms with Gasteiger partial charge in [0.2, 0.25) is 5.89 Å². The summed E-state index contributed by atoms with van der Waals surface area (Å²) in [7, 11) is 0. The molecule has 0 spiro atoms. The van der Waals surface area contributed by atoms with Gasteiger partial charge in [-0.3, -0.25) is 4.90 Å². The van der Waals surface area contributed by atoms with E-state index in [1.807, 2.05) is 0 Å². The van der Waals surface area contributed by atoms with Crippen LogP contribution in [-0.2, 0) is 13.0 Å². The standard InChI is InChI=1S/C13H23N3O/c1-4-5-12-14-13(17-15-12)9-16-7-10(2)6-11(3)8-16/h10-11H,4-9H2,1-3H3/t10-,11-/m1/s1. The van der Waals surface area contributed by atoms with Gasteiger partial charge in [0.05, 0.1) is 6.54 Å². The molecule has 4 nitrogen and oxygen atoms in total. The molecule has 2 atom stereocenters. The predicted molar refractivity (Wildman–Crippen MR) is 66.5 cm³/mol. The topological polar surface area (TPSA) is 42.2 Å². The third kappa shape index (κ3) is 3.53. The third-order valence-electron chi connectivity index (χ3n) is 3.29. The van der Waals surface area contributed by atoms with Gasteiger partial charge in [-0.15, -0.1) is 0 Å². The fourth-order valence-corrected chi connectivity index (χ4v) is 2.79. The Morgan fingerprint density at radius 3 is 2.65 bits per heavy atom. The highest BCUT2D eigenvalue weighted by atomic mass is 16.5. The summed E-state index contributed by atoms with van der Waals surface area (Å²) in [5, 5.41) is 4.00. The van der Waals surface area contributed by atoms with Crippen LogP contribution in [0.3, 0.4) is 0 Å². The molecule has 0 bridgehead atoms. The first-order valence-corrected chi connectivity index (χ1v) is 6.71. The van der Waals surface area contributed by atoms with Gasteiger partial charge in [-0.2, -0.15) is 4.98 Å². The summed E-state index contributed by atoms with van der Waals surface area (Å²) < 4.78 is 5.29. The Balaban J connectivity index is 1.90. The number of piperidine rings is 1. The van der Waals surface area contributed by atoms with E-state index in [2.05, 4.69) is 35.8 Å². The van der Waals surface area contributed by atoms with Crippen molar-refractivity contribution in [1.29, 1.82) is 0 Å². The SMILES string of the molecule is CCCc1noc(CN2C[C@H](C)C[C@@H](C)C2)n1. The van der Waals surface area contributed by atoms with Gasteiger partial charge in [-0.25, -0.2) is 0 Å². The van der Waals surface area contributed by atoms with E-state index in [0.29, 0.717) is 0 Å². The number of nitrogens with zero attached hydrogens (tertiary/aromatic N) is 3. The number of aryl methyl sites for hydroxylation is 1. The first kappa shape index (κ1) is 12.6. The summed E-state index contributed by atoms with van der Waals surface area (Å²) >= 11 is 0. The summed E-state index contributed by atoms with van der Waals surface area (Å²) in [6, 6.07) is 0. The minimum Gasteiger partial charge on any atom is -0.338 e. The van der Waals surface area contributed by atoms with Crippen LogP contribution in [-0.4, -0.2) is 28.1 Å². The lowest BCUT2D eigenvalue weighted by molar-refractivity contribution is 0.121. The van der Waals surface area contributed by atoms with Gasteiger partial charge in [-0.05, 0) is 24.7 Å². The third-order valence-corrected chi connectivity index (χ3v) is 3.29. The van der Waals surface area contributed by atoms with Crippen molar-refractivity contribution in [2.75, 3.05) is 13.1 Å². The fourth-order valence-electron chi connectivity index (χ4n) is 2.79. The molecule has 0 unspecified atom stereocenters. The Bertz CT molecular complexity index is 340. The molecule has 1 aliphatic heterocycles. The molecule has 1 fully saturated rings. The second-order valence-corrected chi connectivity index (χ2v) is 5.49. The highest BCUT2D eigenvalue weighted by molar-refractivity contribution is 4.87. The number of hydrogen-bond acceptors (Lipinski definition) is 4. The summed E-state index contributed by atoms with van der Waals surface area (Å²) in [5.41, 5.74) is 0. The van der Waals surface area contributed by atoms with E-state index in [9.17, 15) is 0 Å². The Labute approximate surface area is 103 Å². The molecule has 1 aromatic heterocycles. The minimum atomic E-state index is 0.773. The molecule has 17 heavy (non-hydrogen) atoms. The molecular weight excluding hydrogens is 214 g/mol. The maximum Gasteiger partial charge on any atom is 0.240 e. The molecular formula is C13H23N3O. The Kier molecular flexibility index (Phi) is 4.15. The van der Waals surface area contributed by atoms with Crippen LogP contribution >= 0.6 is 0 Å². The van der Waals surface area contributed by atoms with Gasteiger partial charge in [-0.1, -0.05) is 25.9 Å². The van der Waals surface area contributed by atoms with Crippen molar-refractivity contribution < 1.29 is 4.52 Å². The monoisotopic (exact) mass is 237 g/mol. The zero-order chi connectivity index (χ0) is 12.3. The average Bonchev–Trinajstić information content (AvgIpc) is 2.64. The molecule has 0 aromatic carbocycles. The van der Waals surface area contributed by atoms with Crippen LogP contribution in [0.25, 0.3) is 0 Å². The summed E-state index contributed by atoms with van der Waals surface area (Å²) in [6.45, 7) is 9.87. The van der Waals surface area contributed by atoms with E-state index in [0.717, 1.165) is 56.0 Å². The normalized spacial score (nSPS) is 26.3.